The van der Waals surface area contributed by atoms with Crippen LogP contribution in [0.3, 0.4) is 0 Å². The molecule has 18 N–H and O–H groups in total. The first-order chi connectivity index (χ1) is 44.6. The number of carboxylic acids is 2. The lowest BCUT2D eigenvalue weighted by molar-refractivity contribution is -0.144. The lowest BCUT2D eigenvalue weighted by atomic mass is 9.95. The lowest BCUT2D eigenvalue weighted by Crippen LogP contribution is -2.28. The van der Waals surface area contributed by atoms with E-state index in [0.29, 0.717) is 62.6 Å². The summed E-state index contributed by atoms with van der Waals surface area (Å²) >= 11 is 0. The third-order valence-corrected chi connectivity index (χ3v) is 11.7. The van der Waals surface area contributed by atoms with E-state index in [-0.39, 0.29) is 177 Å². The molecule has 0 aliphatic carbocycles. The van der Waals surface area contributed by atoms with Crippen molar-refractivity contribution in [3.63, 3.8) is 0 Å². The second kappa shape index (κ2) is 39.0. The molecular weight excluding hydrogens is 1230 g/mol. The van der Waals surface area contributed by atoms with E-state index in [1.165, 1.54) is 18.6 Å². The number of hydrogen-bond acceptors (Lipinski definition) is 33. The van der Waals surface area contributed by atoms with Crippen molar-refractivity contribution in [3.8, 4) is 0 Å². The minimum absolute atomic E-state index is 0.0230. The van der Waals surface area contributed by atoms with Crippen molar-refractivity contribution >= 4 is 92.2 Å². The van der Waals surface area contributed by atoms with Crippen molar-refractivity contribution in [2.24, 2.45) is 11.7 Å². The Labute approximate surface area is 524 Å². The molecule has 8 aromatic rings. The van der Waals surface area contributed by atoms with E-state index >= 15 is 0 Å². The Morgan fingerprint density at radius 1 is 0.419 bits per heavy atom. The Morgan fingerprint density at radius 2 is 0.699 bits per heavy atom. The summed E-state index contributed by atoms with van der Waals surface area (Å²) < 4.78 is 40.9. The molecule has 0 aliphatic rings. The maximum atomic E-state index is 12.0. The van der Waals surface area contributed by atoms with Crippen LogP contribution >= 0.6 is 0 Å². The highest BCUT2D eigenvalue weighted by molar-refractivity contribution is 5.78. The standard InChI is InChI=1S/C24H30N12O8.C11H15N5O.C10H18O8.C7H8N6O/c25-23-33-19-17(21(39)35-23)31-13(9-29-19)7-27-15(37)11-43-5-3-41-1-2-42-4-6-44-12-16(38)28-8-14-10-30-20-18(32-14)22(40)36-24(26)34-20;1-5(2)6(3)7-4-13-9-8(14-7)10(17)16-11(12)15-9;11-9(12)7-17-5-3-15-1-2-16-4-6-18-8-10(13)14;8-1-3-2-10-5-4(11-3)6(14)13-7(9)12-5/h9-10H,1-8,11-12H2,(H,27,37)(H,28,38)(H3,25,29,33,35,39)(H3,26,30,34,36,40);4-6H,1-3H3,(H3,12,13,15,16,17);1-8H2,(H,11,12)(H,13,14);2H,1,8H2,(H3,9,10,12,13,14)/t;6-;;/m.0../s1. The van der Waals surface area contributed by atoms with Gasteiger partial charge in [0.05, 0.1) is 140 Å². The number of H-pyrrole nitrogens is 4. The largest absolute Gasteiger partial charge is 0.480 e. The van der Waals surface area contributed by atoms with Crippen LogP contribution in [0.2, 0.25) is 0 Å². The molecule has 8 heterocycles. The lowest BCUT2D eigenvalue weighted by Gasteiger charge is -2.14. The quantitative estimate of drug-likeness (QED) is 0.0174. The first-order valence-electron chi connectivity index (χ1n) is 28.0. The first-order valence-corrected chi connectivity index (χ1v) is 28.0. The number of carbonyl (C=O) groups excluding carboxylic acids is 2. The van der Waals surface area contributed by atoms with E-state index in [9.17, 15) is 38.4 Å². The third-order valence-electron chi connectivity index (χ3n) is 11.7. The van der Waals surface area contributed by atoms with Gasteiger partial charge in [-0.25, -0.2) is 49.5 Å². The third kappa shape index (κ3) is 26.5. The Bertz CT molecular complexity index is 3840. The summed E-state index contributed by atoms with van der Waals surface area (Å²) in [4.78, 5) is 148. The molecular formula is C52H71N23O18. The molecule has 0 aliphatic heterocycles. The van der Waals surface area contributed by atoms with Gasteiger partial charge in [-0.1, -0.05) is 20.8 Å². The molecule has 0 bridgehead atoms. The predicted octanol–water partition coefficient (Wildman–Crippen LogP) is -4.07. The van der Waals surface area contributed by atoms with Crippen LogP contribution in [0, 0.1) is 5.92 Å². The van der Waals surface area contributed by atoms with Crippen LogP contribution in [0.25, 0.3) is 44.7 Å². The van der Waals surface area contributed by atoms with E-state index in [0.717, 1.165) is 5.69 Å². The fourth-order valence-corrected chi connectivity index (χ4v) is 6.93. The van der Waals surface area contributed by atoms with E-state index in [2.05, 4.69) is 111 Å². The molecule has 8 aromatic heterocycles. The maximum Gasteiger partial charge on any atom is 0.329 e. The maximum absolute atomic E-state index is 12.0. The topological polar surface area (TPSA) is 623 Å². The fourth-order valence-electron chi connectivity index (χ4n) is 6.93. The number of aromatic amines is 4. The minimum Gasteiger partial charge on any atom is -0.480 e. The fraction of sp³-hybridized carbons (Fsp3) is 0.462. The van der Waals surface area contributed by atoms with Gasteiger partial charge in [0.2, 0.25) is 35.6 Å². The molecule has 0 unspecified atom stereocenters. The van der Waals surface area contributed by atoms with Gasteiger partial charge in [-0.2, -0.15) is 19.9 Å². The van der Waals surface area contributed by atoms with Gasteiger partial charge in [0.1, 0.15) is 26.4 Å². The second-order valence-electron chi connectivity index (χ2n) is 19.1. The normalized spacial score (nSPS) is 11.3. The molecule has 0 spiro atoms. The highest BCUT2D eigenvalue weighted by Crippen LogP contribution is 2.21. The zero-order chi connectivity index (χ0) is 67.7. The Hall–Kier alpha value is -10.4. The summed E-state index contributed by atoms with van der Waals surface area (Å²) in [6.07, 6.45) is 5.90. The average Bonchev–Trinajstić information content (AvgIpc) is 2.49. The number of anilines is 4. The van der Waals surface area contributed by atoms with Crippen LogP contribution in [0.15, 0.2) is 44.0 Å². The molecule has 1 atom stereocenters. The minimum atomic E-state index is -1.01. The number of ether oxygens (including phenoxy) is 8. The molecule has 41 heteroatoms. The van der Waals surface area contributed by atoms with Crippen LogP contribution < -0.4 is 61.5 Å². The van der Waals surface area contributed by atoms with Gasteiger partial charge in [0, 0.05) is 12.5 Å². The van der Waals surface area contributed by atoms with E-state index in [1.807, 2.05) is 0 Å². The first kappa shape index (κ1) is 73.3. The van der Waals surface area contributed by atoms with Crippen molar-refractivity contribution in [1.29, 1.82) is 0 Å². The molecule has 0 saturated carbocycles. The number of rotatable bonds is 33. The Balaban J connectivity index is 0.000000261. The van der Waals surface area contributed by atoms with Gasteiger partial charge in [0.15, 0.2) is 44.7 Å². The van der Waals surface area contributed by atoms with Crippen molar-refractivity contribution in [1.82, 2.24) is 90.4 Å². The molecule has 41 nitrogen and oxygen atoms in total. The highest BCUT2D eigenvalue weighted by Gasteiger charge is 2.16. The monoisotopic (exact) mass is 1310 g/mol. The molecule has 2 amide bonds. The van der Waals surface area contributed by atoms with Gasteiger partial charge in [-0.05, 0) is 5.92 Å². The van der Waals surface area contributed by atoms with Crippen molar-refractivity contribution in [3.05, 3.63) is 89.0 Å². The summed E-state index contributed by atoms with van der Waals surface area (Å²) in [5, 5.41) is 21.7. The van der Waals surface area contributed by atoms with Gasteiger partial charge >= 0.3 is 11.9 Å². The summed E-state index contributed by atoms with van der Waals surface area (Å²) in [5.41, 5.74) is 28.5. The predicted molar refractivity (Wildman–Crippen MR) is 326 cm³/mol. The number of nitrogen functional groups attached to an aromatic ring is 4. The molecule has 93 heavy (non-hydrogen) atoms. The number of carbonyl (C=O) groups is 4. The number of nitrogens with two attached hydrogens (primary N) is 5. The molecule has 8 rings (SSSR count). The van der Waals surface area contributed by atoms with Crippen LogP contribution in [-0.4, -0.2) is 219 Å². The van der Waals surface area contributed by atoms with Crippen LogP contribution in [-0.2, 0) is 76.7 Å². The van der Waals surface area contributed by atoms with E-state index in [1.54, 1.807) is 6.20 Å². The number of fused-ring (bicyclic) bond motifs is 4. The molecule has 0 aromatic carbocycles. The number of carboxylic acid groups (broad SMARTS) is 2. The van der Waals surface area contributed by atoms with Gasteiger partial charge in [0.25, 0.3) is 22.2 Å². The van der Waals surface area contributed by atoms with Crippen LogP contribution in [0.1, 0.15) is 49.5 Å². The molecule has 0 fully saturated rings. The van der Waals surface area contributed by atoms with E-state index in [4.69, 9.17) is 76.8 Å². The smallest absolute Gasteiger partial charge is 0.329 e. The number of amides is 2. The Morgan fingerprint density at radius 3 is 1.01 bits per heavy atom. The van der Waals surface area contributed by atoms with Gasteiger partial charge in [-0.15, -0.1) is 0 Å². The van der Waals surface area contributed by atoms with Crippen molar-refractivity contribution in [2.75, 3.05) is 129 Å². The zero-order valence-corrected chi connectivity index (χ0v) is 50.6. The number of aliphatic carboxylic acids is 2. The zero-order valence-electron chi connectivity index (χ0n) is 50.6. The SMILES string of the molecule is CC(C)[C@H](C)c1cnc2nc(N)[nH]c(=O)c2n1.NCc1cnc2nc(N)[nH]c(=O)c2n1.Nc1nc2ncc(CNC(=O)COCCOCCOCCOCC(=O)NCc3cnc4nc(N)[nH]c(=O)c4n3)nc2c(=O)[nH]1.O=C(O)COCCOCCOCCOCC(=O)O. The van der Waals surface area contributed by atoms with Gasteiger partial charge in [-0.3, -0.25) is 48.7 Å². The van der Waals surface area contributed by atoms with E-state index < -0.39 is 28.6 Å². The number of aromatic nitrogens is 16. The van der Waals surface area contributed by atoms with Crippen molar-refractivity contribution < 1.29 is 67.3 Å². The second-order valence-corrected chi connectivity index (χ2v) is 19.1. The van der Waals surface area contributed by atoms with Crippen LogP contribution in [0.4, 0.5) is 23.8 Å². The van der Waals surface area contributed by atoms with Crippen LogP contribution in [0.5, 0.6) is 0 Å². The summed E-state index contributed by atoms with van der Waals surface area (Å²) in [6, 6.07) is 0. The Kier molecular flexibility index (Phi) is 30.7. The number of hydrogen-bond donors (Lipinski definition) is 13. The van der Waals surface area contributed by atoms with Gasteiger partial charge < -0.3 is 87.4 Å². The molecule has 0 radical (unpaired) electrons. The summed E-state index contributed by atoms with van der Waals surface area (Å²) in [7, 11) is 0. The number of nitrogens with one attached hydrogen (secondary N) is 6. The average molecular weight is 1310 g/mol. The molecule has 502 valence electrons. The number of nitrogens with zero attached hydrogens (tertiary/aromatic N) is 12. The summed E-state index contributed by atoms with van der Waals surface area (Å²) in [6.45, 7) is 8.77. The summed E-state index contributed by atoms with van der Waals surface area (Å²) in [5.74, 6) is -2.15. The molecule has 0 saturated heterocycles. The van der Waals surface area contributed by atoms with Crippen molar-refractivity contribution in [2.45, 2.75) is 46.3 Å². The highest BCUT2D eigenvalue weighted by atomic mass is 16.6.